The lowest BCUT2D eigenvalue weighted by Gasteiger charge is -2.28. The van der Waals surface area contributed by atoms with Gasteiger partial charge < -0.3 is 9.72 Å². The molecule has 1 aliphatic heterocycles. The largest absolute Gasteiger partial charge is 0.452 e. The van der Waals surface area contributed by atoms with Gasteiger partial charge in [-0.15, -0.1) is 0 Å². The van der Waals surface area contributed by atoms with Crippen molar-refractivity contribution in [2.45, 2.75) is 19.5 Å². The third-order valence-corrected chi connectivity index (χ3v) is 4.24. The van der Waals surface area contributed by atoms with Crippen molar-refractivity contribution in [2.24, 2.45) is 0 Å². The van der Waals surface area contributed by atoms with Gasteiger partial charge in [0.15, 0.2) is 0 Å². The Balaban J connectivity index is 1.74. The van der Waals surface area contributed by atoms with Gasteiger partial charge in [0.25, 0.3) is 11.5 Å². The summed E-state index contributed by atoms with van der Waals surface area (Å²) < 4.78 is 4.37. The van der Waals surface area contributed by atoms with E-state index in [-0.39, 0.29) is 5.56 Å². The zero-order valence-corrected chi connectivity index (χ0v) is 14.4. The number of ether oxygens (including phenoxy) is 1. The van der Waals surface area contributed by atoms with E-state index in [0.717, 1.165) is 24.3 Å². The minimum atomic E-state index is -0.818. The van der Waals surface area contributed by atoms with E-state index in [1.165, 1.54) is 12.7 Å². The molecule has 0 radical (unpaired) electrons. The molecule has 1 aromatic carbocycles. The summed E-state index contributed by atoms with van der Waals surface area (Å²) >= 11 is 0. The number of nitrogens with one attached hydrogen (secondary N) is 3. The Morgan fingerprint density at radius 1 is 1.23 bits per heavy atom. The highest BCUT2D eigenvalue weighted by atomic mass is 16.5. The number of benzene rings is 1. The molecule has 0 spiro atoms. The molecule has 26 heavy (non-hydrogen) atoms. The Labute approximate surface area is 150 Å². The summed E-state index contributed by atoms with van der Waals surface area (Å²) in [6.07, 6.45) is -0.110. The maximum absolute atomic E-state index is 12.1. The topological polar surface area (TPSA) is 104 Å². The summed E-state index contributed by atoms with van der Waals surface area (Å²) in [5.41, 5.74) is 6.62. The van der Waals surface area contributed by atoms with Crippen LogP contribution in [0.2, 0.25) is 0 Å². The van der Waals surface area contributed by atoms with Gasteiger partial charge in [0.2, 0.25) is 0 Å². The standard InChI is InChI=1S/C18H20N4O4/c1-26-18(25)21-20-17(24)14-9-13-11-22(8-7-15(13)19-16(14)23)10-12-5-3-2-4-6-12/h2-6,9H,7-8,10-11H2,1H3,(H,19,23)(H,20,24)(H,21,25). The molecule has 8 nitrogen and oxygen atoms in total. The second-order valence-electron chi connectivity index (χ2n) is 6.03. The van der Waals surface area contributed by atoms with Crippen LogP contribution < -0.4 is 16.4 Å². The number of rotatable bonds is 3. The summed E-state index contributed by atoms with van der Waals surface area (Å²) in [6, 6.07) is 11.7. The molecule has 0 saturated carbocycles. The molecule has 2 heterocycles. The average molecular weight is 356 g/mol. The molecular weight excluding hydrogens is 336 g/mol. The van der Waals surface area contributed by atoms with E-state index in [9.17, 15) is 14.4 Å². The molecule has 0 unspecified atom stereocenters. The van der Waals surface area contributed by atoms with Crippen molar-refractivity contribution in [1.82, 2.24) is 20.7 Å². The first-order valence-corrected chi connectivity index (χ1v) is 8.22. The monoisotopic (exact) mass is 356 g/mol. The number of carbonyl (C=O) groups is 2. The summed E-state index contributed by atoms with van der Waals surface area (Å²) in [4.78, 5) is 40.3. The molecule has 0 aliphatic carbocycles. The first kappa shape index (κ1) is 17.7. The third-order valence-electron chi connectivity index (χ3n) is 4.24. The molecule has 8 heteroatoms. The van der Waals surface area contributed by atoms with Gasteiger partial charge in [-0.2, -0.15) is 0 Å². The SMILES string of the molecule is COC(=O)NNC(=O)c1cc2c([nH]c1=O)CCN(Cc1ccccc1)C2. The van der Waals surface area contributed by atoms with Crippen LogP contribution >= 0.6 is 0 Å². The third kappa shape index (κ3) is 4.09. The molecular formula is C18H20N4O4. The van der Waals surface area contributed by atoms with Gasteiger partial charge in [0, 0.05) is 31.7 Å². The van der Waals surface area contributed by atoms with Crippen LogP contribution in [-0.4, -0.2) is 35.5 Å². The number of hydrogen-bond acceptors (Lipinski definition) is 5. The normalized spacial score (nSPS) is 13.6. The van der Waals surface area contributed by atoms with Crippen molar-refractivity contribution in [3.8, 4) is 0 Å². The summed E-state index contributed by atoms with van der Waals surface area (Å²) in [5.74, 6) is -0.695. The van der Waals surface area contributed by atoms with Gasteiger partial charge in [0.1, 0.15) is 5.56 Å². The first-order valence-electron chi connectivity index (χ1n) is 8.22. The van der Waals surface area contributed by atoms with Crippen molar-refractivity contribution in [2.75, 3.05) is 13.7 Å². The van der Waals surface area contributed by atoms with Crippen LogP contribution in [0.1, 0.15) is 27.2 Å². The van der Waals surface area contributed by atoms with Crippen LogP contribution in [0.15, 0.2) is 41.2 Å². The zero-order valence-electron chi connectivity index (χ0n) is 14.4. The molecule has 3 rings (SSSR count). The van der Waals surface area contributed by atoms with E-state index in [0.29, 0.717) is 13.0 Å². The lowest BCUT2D eigenvalue weighted by Crippen LogP contribution is -2.43. The number of aromatic amines is 1. The van der Waals surface area contributed by atoms with Crippen LogP contribution in [0.4, 0.5) is 4.79 Å². The predicted octanol–water partition coefficient (Wildman–Crippen LogP) is 0.934. The van der Waals surface area contributed by atoms with Crippen LogP contribution in [-0.2, 0) is 24.2 Å². The minimum Gasteiger partial charge on any atom is -0.452 e. The number of H-pyrrole nitrogens is 1. The van der Waals surface area contributed by atoms with Crippen molar-refractivity contribution in [3.63, 3.8) is 0 Å². The van der Waals surface area contributed by atoms with E-state index in [2.05, 4.69) is 37.6 Å². The number of hydrogen-bond donors (Lipinski definition) is 3. The molecule has 3 N–H and O–H groups in total. The number of methoxy groups -OCH3 is 1. The van der Waals surface area contributed by atoms with Gasteiger partial charge in [0.05, 0.1) is 7.11 Å². The Kier molecular flexibility index (Phi) is 5.33. The molecule has 136 valence electrons. The van der Waals surface area contributed by atoms with Gasteiger partial charge >= 0.3 is 6.09 Å². The number of hydrazine groups is 1. The second kappa shape index (κ2) is 7.83. The van der Waals surface area contributed by atoms with E-state index in [1.807, 2.05) is 18.2 Å². The van der Waals surface area contributed by atoms with Crippen molar-refractivity contribution in [1.29, 1.82) is 0 Å². The quantitative estimate of drug-likeness (QED) is 0.710. The number of aromatic nitrogens is 1. The smallest absolute Gasteiger partial charge is 0.425 e. The van der Waals surface area contributed by atoms with Gasteiger partial charge in [-0.05, 0) is 17.2 Å². The molecule has 0 atom stereocenters. The summed E-state index contributed by atoms with van der Waals surface area (Å²) in [5, 5.41) is 0. The van der Waals surface area contributed by atoms with E-state index in [4.69, 9.17) is 0 Å². The van der Waals surface area contributed by atoms with Gasteiger partial charge in [-0.3, -0.25) is 19.9 Å². The van der Waals surface area contributed by atoms with Crippen LogP contribution in [0.5, 0.6) is 0 Å². The van der Waals surface area contributed by atoms with Crippen molar-refractivity contribution in [3.05, 3.63) is 69.1 Å². The molecule has 2 amide bonds. The summed E-state index contributed by atoms with van der Waals surface area (Å²) in [6.45, 7) is 2.25. The first-order chi connectivity index (χ1) is 12.6. The van der Waals surface area contributed by atoms with Crippen LogP contribution in [0.3, 0.4) is 0 Å². The number of pyridine rings is 1. The Bertz CT molecular complexity index is 863. The predicted molar refractivity (Wildman–Crippen MR) is 94.3 cm³/mol. The van der Waals surface area contributed by atoms with E-state index >= 15 is 0 Å². The summed E-state index contributed by atoms with van der Waals surface area (Å²) in [7, 11) is 1.18. The number of fused-ring (bicyclic) bond motifs is 1. The molecule has 0 bridgehead atoms. The highest BCUT2D eigenvalue weighted by molar-refractivity contribution is 5.94. The Morgan fingerprint density at radius 2 is 2.00 bits per heavy atom. The van der Waals surface area contributed by atoms with Crippen molar-refractivity contribution >= 4 is 12.0 Å². The highest BCUT2D eigenvalue weighted by Gasteiger charge is 2.21. The maximum Gasteiger partial charge on any atom is 0.425 e. The lowest BCUT2D eigenvalue weighted by molar-refractivity contribution is 0.0918. The minimum absolute atomic E-state index is 0.0540. The molecule has 0 saturated heterocycles. The van der Waals surface area contributed by atoms with Gasteiger partial charge in [-0.1, -0.05) is 30.3 Å². The Morgan fingerprint density at radius 3 is 2.73 bits per heavy atom. The van der Waals surface area contributed by atoms with E-state index < -0.39 is 17.6 Å². The maximum atomic E-state index is 12.1. The average Bonchev–Trinajstić information content (AvgIpc) is 2.66. The highest BCUT2D eigenvalue weighted by Crippen LogP contribution is 2.18. The van der Waals surface area contributed by atoms with E-state index in [1.54, 1.807) is 6.07 Å². The fourth-order valence-corrected chi connectivity index (χ4v) is 2.94. The lowest BCUT2D eigenvalue weighted by atomic mass is 10.0. The van der Waals surface area contributed by atoms with Crippen molar-refractivity contribution < 1.29 is 14.3 Å². The fourth-order valence-electron chi connectivity index (χ4n) is 2.94. The number of carbonyl (C=O) groups excluding carboxylic acids is 2. The van der Waals surface area contributed by atoms with Crippen LogP contribution in [0, 0.1) is 0 Å². The fraction of sp³-hybridized carbons (Fsp3) is 0.278. The second-order valence-corrected chi connectivity index (χ2v) is 6.03. The van der Waals surface area contributed by atoms with Crippen LogP contribution in [0.25, 0.3) is 0 Å². The zero-order chi connectivity index (χ0) is 18.5. The molecule has 1 aliphatic rings. The number of nitrogens with zero attached hydrogens (tertiary/aromatic N) is 1. The molecule has 1 aromatic heterocycles. The number of amides is 2. The van der Waals surface area contributed by atoms with Gasteiger partial charge in [-0.25, -0.2) is 10.2 Å². The molecule has 2 aromatic rings. The Hall–Kier alpha value is -3.13. The molecule has 0 fully saturated rings.